The molecule has 0 heterocycles. The second-order valence-corrected chi connectivity index (χ2v) is 16.2. The summed E-state index contributed by atoms with van der Waals surface area (Å²) in [5.41, 5.74) is -2.23. The molecule has 254 valence electrons. The minimum absolute atomic E-state index is 0.0112. The second-order valence-electron chi connectivity index (χ2n) is 10.1. The van der Waals surface area contributed by atoms with Gasteiger partial charge in [0, 0.05) is 21.7 Å². The number of phenols is 1. The first-order chi connectivity index (χ1) is 22.7. The summed E-state index contributed by atoms with van der Waals surface area (Å²) in [5.74, 6) is -2.11. The summed E-state index contributed by atoms with van der Waals surface area (Å²) in [7, 11) is -19.2. The molecule has 0 fully saturated rings. The molecule has 16 nitrogen and oxygen atoms in total. The number of fused-ring (bicyclic) bond motifs is 2. The van der Waals surface area contributed by atoms with Crippen LogP contribution in [0, 0.1) is 0 Å². The van der Waals surface area contributed by atoms with Crippen LogP contribution >= 0.6 is 0 Å². The molecule has 0 saturated heterocycles. The van der Waals surface area contributed by atoms with E-state index in [0.29, 0.717) is 29.0 Å². The van der Waals surface area contributed by atoms with Crippen LogP contribution in [0.1, 0.15) is 10.4 Å². The lowest BCUT2D eigenvalue weighted by Gasteiger charge is -2.15. The summed E-state index contributed by atoms with van der Waals surface area (Å²) in [6.45, 7) is 3.21. The van der Waals surface area contributed by atoms with E-state index in [4.69, 9.17) is 0 Å². The van der Waals surface area contributed by atoms with Gasteiger partial charge in [0.2, 0.25) is 0 Å². The number of rotatable bonds is 9. The first-order valence-electron chi connectivity index (χ1n) is 13.2. The summed E-state index contributed by atoms with van der Waals surface area (Å²) in [5, 5.41) is 21.2. The third kappa shape index (κ3) is 7.05. The van der Waals surface area contributed by atoms with Crippen LogP contribution in [0.25, 0.3) is 21.5 Å². The van der Waals surface area contributed by atoms with Gasteiger partial charge in [-0.15, -0.1) is 10.2 Å². The Morgan fingerprint density at radius 1 is 0.714 bits per heavy atom. The Hall–Kier alpha value is -5.09. The maximum atomic E-state index is 13.2. The van der Waals surface area contributed by atoms with Crippen LogP contribution in [0.4, 0.5) is 17.1 Å². The number of aromatic hydroxyl groups is 1. The van der Waals surface area contributed by atoms with Crippen molar-refractivity contribution >= 4 is 84.7 Å². The fourth-order valence-electron chi connectivity index (χ4n) is 4.77. The first-order valence-corrected chi connectivity index (χ1v) is 19.1. The van der Waals surface area contributed by atoms with E-state index in [1.807, 2.05) is 0 Å². The van der Waals surface area contributed by atoms with Gasteiger partial charge in [-0.05, 0) is 59.3 Å². The summed E-state index contributed by atoms with van der Waals surface area (Å²) in [4.78, 5) is 10.2. The smallest absolute Gasteiger partial charge is 0.297 e. The van der Waals surface area contributed by atoms with E-state index in [2.05, 4.69) is 22.1 Å². The number of phenolic OH excluding ortho intramolecular Hbond substituents is 1. The summed E-state index contributed by atoms with van der Waals surface area (Å²) >= 11 is 0. The Labute approximate surface area is 278 Å². The van der Waals surface area contributed by atoms with Crippen LogP contribution in [-0.4, -0.2) is 58.3 Å². The van der Waals surface area contributed by atoms with Crippen LogP contribution in [0.2, 0.25) is 0 Å². The molecule has 5 N–H and O–H groups in total. The monoisotopic (exact) mass is 747 g/mol. The Balaban J connectivity index is 1.74. The maximum absolute atomic E-state index is 13.2. The predicted octanol–water partition coefficient (Wildman–Crippen LogP) is 5.02. The number of benzene rings is 5. The molecule has 0 spiro atoms. The van der Waals surface area contributed by atoms with Gasteiger partial charge >= 0.3 is 0 Å². The van der Waals surface area contributed by atoms with Crippen molar-refractivity contribution in [2.45, 2.75) is 19.6 Å². The number of hydrogen-bond donors (Lipinski definition) is 5. The van der Waals surface area contributed by atoms with E-state index in [0.717, 1.165) is 30.3 Å². The average Bonchev–Trinajstić information content (AvgIpc) is 3.02. The molecule has 0 aliphatic rings. The molecule has 5 aromatic rings. The van der Waals surface area contributed by atoms with Crippen LogP contribution in [0.5, 0.6) is 5.75 Å². The molecule has 0 atom stereocenters. The summed E-state index contributed by atoms with van der Waals surface area (Å²) in [6.07, 6.45) is 0. The van der Waals surface area contributed by atoms with E-state index in [9.17, 15) is 57.2 Å². The molecule has 0 unspecified atom stereocenters. The Morgan fingerprint density at radius 3 is 1.96 bits per heavy atom. The summed E-state index contributed by atoms with van der Waals surface area (Å²) < 4.78 is 127. The number of sulfone groups is 1. The molecule has 1 amide bonds. The fraction of sp³-hybridized carbons (Fsp3) is 0. The average molecular weight is 748 g/mol. The SMILES string of the molecule is C=CS(=O)(=O)c1ccc(C(=O)Nc2cc(S(=O)(=O)O)cc3cc(S(=O)(=O)O)c(N=Nc4ccc5ccccc5c4S(=O)(=O)O)c(O)c23)cc1. The highest BCUT2D eigenvalue weighted by molar-refractivity contribution is 7.94. The third-order valence-electron chi connectivity index (χ3n) is 6.99. The number of amides is 1. The lowest BCUT2D eigenvalue weighted by molar-refractivity contribution is 0.102. The Bertz CT molecular complexity index is 2710. The molecule has 0 aliphatic heterocycles. The molecule has 20 heteroatoms. The van der Waals surface area contributed by atoms with E-state index in [1.54, 1.807) is 6.07 Å². The van der Waals surface area contributed by atoms with Gasteiger partial charge in [-0.2, -0.15) is 25.3 Å². The molecule has 0 aromatic heterocycles. The van der Waals surface area contributed by atoms with Crippen molar-refractivity contribution in [1.29, 1.82) is 0 Å². The third-order valence-corrected chi connectivity index (χ3v) is 11.0. The zero-order valence-electron chi connectivity index (χ0n) is 24.3. The zero-order chi connectivity index (χ0) is 36.1. The van der Waals surface area contributed by atoms with Gasteiger partial charge in [0.1, 0.15) is 21.2 Å². The zero-order valence-corrected chi connectivity index (χ0v) is 27.5. The molecule has 0 bridgehead atoms. The first kappa shape index (κ1) is 35.2. The standard InChI is InChI=1S/C29H21N3O13S4/c1-2-46(35,36)19-10-7-17(8-11-19)29(34)30-23-15-20(47(37,38)39)13-18-14-24(48(40,41)42)26(27(33)25(18)23)32-31-22-12-9-16-5-3-4-6-21(16)28(22)49(43,44)45/h2-15,33H,1H2,(H,30,34)(H,37,38,39)(H,40,41,42)(H,43,44,45). The van der Waals surface area contributed by atoms with Crippen molar-refractivity contribution in [1.82, 2.24) is 0 Å². The van der Waals surface area contributed by atoms with E-state index >= 15 is 0 Å². The highest BCUT2D eigenvalue weighted by Gasteiger charge is 2.27. The number of azo groups is 1. The number of anilines is 1. The molecular formula is C29H21N3O13S4. The van der Waals surface area contributed by atoms with Crippen molar-refractivity contribution in [2.75, 3.05) is 5.32 Å². The summed E-state index contributed by atoms with van der Waals surface area (Å²) in [6, 6.07) is 14.9. The predicted molar refractivity (Wildman–Crippen MR) is 175 cm³/mol. The highest BCUT2D eigenvalue weighted by atomic mass is 32.2. The van der Waals surface area contributed by atoms with Crippen molar-refractivity contribution in [3.8, 4) is 5.75 Å². The Kier molecular flexibility index (Phi) is 8.93. The Morgan fingerprint density at radius 2 is 1.37 bits per heavy atom. The number of nitrogens with zero attached hydrogens (tertiary/aromatic N) is 2. The van der Waals surface area contributed by atoms with Gasteiger partial charge in [-0.25, -0.2) is 8.42 Å². The quantitative estimate of drug-likeness (QED) is 0.0980. The van der Waals surface area contributed by atoms with E-state index in [-0.39, 0.29) is 15.8 Å². The van der Waals surface area contributed by atoms with Gasteiger partial charge in [0.25, 0.3) is 36.3 Å². The number of carbonyl (C=O) groups is 1. The van der Waals surface area contributed by atoms with Gasteiger partial charge in [-0.1, -0.05) is 36.9 Å². The number of hydrogen-bond acceptors (Lipinski definition) is 12. The molecule has 49 heavy (non-hydrogen) atoms. The second kappa shape index (κ2) is 12.4. The molecular weight excluding hydrogens is 727 g/mol. The van der Waals surface area contributed by atoms with Crippen LogP contribution < -0.4 is 5.32 Å². The number of carbonyl (C=O) groups excluding carboxylic acids is 1. The van der Waals surface area contributed by atoms with Gasteiger partial charge in [0.05, 0.1) is 15.5 Å². The maximum Gasteiger partial charge on any atom is 0.297 e. The van der Waals surface area contributed by atoms with Gasteiger partial charge < -0.3 is 10.4 Å². The van der Waals surface area contributed by atoms with Crippen molar-refractivity contribution < 1.29 is 57.2 Å². The number of nitrogens with one attached hydrogen (secondary N) is 1. The van der Waals surface area contributed by atoms with Crippen LogP contribution in [0.3, 0.4) is 0 Å². The molecule has 0 radical (unpaired) electrons. The lowest BCUT2D eigenvalue weighted by Crippen LogP contribution is -2.13. The molecule has 0 aliphatic carbocycles. The minimum atomic E-state index is -5.31. The molecule has 5 rings (SSSR count). The van der Waals surface area contributed by atoms with E-state index in [1.165, 1.54) is 24.3 Å². The van der Waals surface area contributed by atoms with Crippen molar-refractivity contribution in [3.63, 3.8) is 0 Å². The minimum Gasteiger partial charge on any atom is -0.505 e. The normalized spacial score (nSPS) is 12.8. The van der Waals surface area contributed by atoms with Gasteiger partial charge in [0.15, 0.2) is 15.6 Å². The van der Waals surface area contributed by atoms with Crippen molar-refractivity contribution in [3.05, 3.63) is 96.4 Å². The molecule has 0 saturated carbocycles. The largest absolute Gasteiger partial charge is 0.505 e. The van der Waals surface area contributed by atoms with Crippen LogP contribution in [0.15, 0.2) is 121 Å². The lowest BCUT2D eigenvalue weighted by atomic mass is 10.1. The van der Waals surface area contributed by atoms with Crippen molar-refractivity contribution in [2.24, 2.45) is 10.2 Å². The van der Waals surface area contributed by atoms with Crippen LogP contribution in [-0.2, 0) is 40.2 Å². The molecule has 5 aromatic carbocycles. The van der Waals surface area contributed by atoms with E-state index < -0.39 is 94.4 Å². The topological polar surface area (TPSA) is 271 Å². The fourth-order valence-corrected chi connectivity index (χ4v) is 7.52. The highest BCUT2D eigenvalue weighted by Crippen LogP contribution is 2.46. The van der Waals surface area contributed by atoms with Gasteiger partial charge in [-0.3, -0.25) is 18.5 Å².